The number of hydrogen-bond acceptors (Lipinski definition) is 6. The molecule has 10 heteroatoms. The lowest BCUT2D eigenvalue weighted by Crippen LogP contribution is -2.30. The van der Waals surface area contributed by atoms with Crippen molar-refractivity contribution < 1.29 is 14.4 Å². The molecule has 43 heavy (non-hydrogen) atoms. The van der Waals surface area contributed by atoms with Crippen LogP contribution in [0, 0.1) is 0 Å². The lowest BCUT2D eigenvalue weighted by atomic mass is 10.1. The molecule has 5 aromatic rings. The molecule has 0 saturated heterocycles. The number of benzene rings is 4. The zero-order chi connectivity index (χ0) is 30.0. The van der Waals surface area contributed by atoms with Crippen LogP contribution in [-0.2, 0) is 9.59 Å². The number of hydrogen-bond donors (Lipinski definition) is 3. The topological polar surface area (TPSA) is 100 Å². The van der Waals surface area contributed by atoms with Gasteiger partial charge in [0.1, 0.15) is 5.70 Å². The Bertz CT molecular complexity index is 1760. The summed E-state index contributed by atoms with van der Waals surface area (Å²) in [5.74, 6) is -0.879. The van der Waals surface area contributed by atoms with Gasteiger partial charge in [0.2, 0.25) is 5.91 Å². The Morgan fingerprint density at radius 3 is 2.28 bits per heavy atom. The summed E-state index contributed by atoms with van der Waals surface area (Å²) in [6.45, 7) is 0. The molecule has 0 radical (unpaired) electrons. The van der Waals surface area contributed by atoms with E-state index >= 15 is 0 Å². The molecule has 214 valence electrons. The summed E-state index contributed by atoms with van der Waals surface area (Å²) in [7, 11) is 0. The van der Waals surface area contributed by atoms with E-state index in [0.29, 0.717) is 27.0 Å². The summed E-state index contributed by atoms with van der Waals surface area (Å²) < 4.78 is 0. The SMILES string of the molecule is O=C(CSc1ccc(NC(=O)/C(=C/c2cccc(Cl)c2)NC(=O)c2ccccc2)cc1)Nc1nc(-c2ccccc2)cs1. The van der Waals surface area contributed by atoms with Crippen molar-refractivity contribution in [3.63, 3.8) is 0 Å². The molecule has 5 rings (SSSR count). The smallest absolute Gasteiger partial charge is 0.272 e. The zero-order valence-electron chi connectivity index (χ0n) is 22.6. The second kappa shape index (κ2) is 14.5. The summed E-state index contributed by atoms with van der Waals surface area (Å²) in [6.07, 6.45) is 1.57. The van der Waals surface area contributed by atoms with E-state index in [1.165, 1.54) is 23.1 Å². The average Bonchev–Trinajstić information content (AvgIpc) is 3.49. The van der Waals surface area contributed by atoms with Gasteiger partial charge in [-0.15, -0.1) is 23.1 Å². The van der Waals surface area contributed by atoms with Gasteiger partial charge < -0.3 is 16.0 Å². The van der Waals surface area contributed by atoms with Crippen molar-refractivity contribution in [2.75, 3.05) is 16.4 Å². The van der Waals surface area contributed by atoms with Crippen molar-refractivity contribution in [1.29, 1.82) is 0 Å². The maximum Gasteiger partial charge on any atom is 0.272 e. The van der Waals surface area contributed by atoms with Crippen LogP contribution in [0.25, 0.3) is 17.3 Å². The van der Waals surface area contributed by atoms with Crippen LogP contribution in [0.4, 0.5) is 10.8 Å². The Morgan fingerprint density at radius 2 is 1.56 bits per heavy atom. The number of halogens is 1. The van der Waals surface area contributed by atoms with Crippen LogP contribution in [0.15, 0.2) is 125 Å². The molecule has 1 heterocycles. The van der Waals surface area contributed by atoms with Gasteiger partial charge in [-0.2, -0.15) is 0 Å². The maximum absolute atomic E-state index is 13.2. The Labute approximate surface area is 262 Å². The van der Waals surface area contributed by atoms with Gasteiger partial charge in [-0.05, 0) is 60.2 Å². The van der Waals surface area contributed by atoms with Gasteiger partial charge >= 0.3 is 0 Å². The molecule has 0 bridgehead atoms. The second-order valence-corrected chi connectivity index (χ2v) is 11.5. The van der Waals surface area contributed by atoms with Crippen LogP contribution in [0.5, 0.6) is 0 Å². The highest BCUT2D eigenvalue weighted by molar-refractivity contribution is 8.00. The van der Waals surface area contributed by atoms with E-state index < -0.39 is 11.8 Å². The Balaban J connectivity index is 1.19. The summed E-state index contributed by atoms with van der Waals surface area (Å²) >= 11 is 8.86. The average molecular weight is 625 g/mol. The highest BCUT2D eigenvalue weighted by atomic mass is 35.5. The van der Waals surface area contributed by atoms with Gasteiger partial charge in [0.05, 0.1) is 11.4 Å². The van der Waals surface area contributed by atoms with Crippen molar-refractivity contribution in [3.8, 4) is 11.3 Å². The monoisotopic (exact) mass is 624 g/mol. The number of amides is 3. The number of rotatable bonds is 10. The number of carbonyl (C=O) groups excluding carboxylic acids is 3. The lowest BCUT2D eigenvalue weighted by Gasteiger charge is -2.12. The molecule has 3 amide bonds. The number of aromatic nitrogens is 1. The first kappa shape index (κ1) is 29.8. The van der Waals surface area contributed by atoms with Gasteiger partial charge in [0.25, 0.3) is 11.8 Å². The minimum absolute atomic E-state index is 0.0591. The van der Waals surface area contributed by atoms with E-state index in [0.717, 1.165) is 16.2 Å². The molecule has 1 aromatic heterocycles. The van der Waals surface area contributed by atoms with E-state index in [-0.39, 0.29) is 17.4 Å². The molecule has 0 fully saturated rings. The molecule has 0 saturated carbocycles. The largest absolute Gasteiger partial charge is 0.321 e. The van der Waals surface area contributed by atoms with Crippen LogP contribution in [-0.4, -0.2) is 28.5 Å². The van der Waals surface area contributed by atoms with Crippen LogP contribution in [0.3, 0.4) is 0 Å². The molecule has 0 spiro atoms. The molecule has 0 unspecified atom stereocenters. The van der Waals surface area contributed by atoms with Crippen LogP contribution < -0.4 is 16.0 Å². The molecule has 0 aliphatic carbocycles. The molecule has 0 aliphatic heterocycles. The van der Waals surface area contributed by atoms with Crippen molar-refractivity contribution in [2.24, 2.45) is 0 Å². The highest BCUT2D eigenvalue weighted by Crippen LogP contribution is 2.26. The zero-order valence-corrected chi connectivity index (χ0v) is 25.0. The molecular formula is C33H25ClN4O3S2. The van der Waals surface area contributed by atoms with Gasteiger partial charge in [0.15, 0.2) is 5.13 Å². The molecule has 0 aliphatic rings. The van der Waals surface area contributed by atoms with E-state index in [1.54, 1.807) is 66.7 Å². The molecule has 0 atom stereocenters. The first-order valence-corrected chi connectivity index (χ1v) is 15.4. The quantitative estimate of drug-likeness (QED) is 0.110. The molecule has 4 aromatic carbocycles. The fourth-order valence-electron chi connectivity index (χ4n) is 3.92. The Kier molecular flexibility index (Phi) is 10.0. The van der Waals surface area contributed by atoms with Crippen molar-refractivity contribution in [1.82, 2.24) is 10.3 Å². The van der Waals surface area contributed by atoms with Gasteiger partial charge in [-0.1, -0.05) is 72.3 Å². The van der Waals surface area contributed by atoms with Crippen LogP contribution in [0.2, 0.25) is 5.02 Å². The van der Waals surface area contributed by atoms with Crippen molar-refractivity contribution >= 4 is 69.3 Å². The normalized spacial score (nSPS) is 11.0. The maximum atomic E-state index is 13.2. The standard InChI is InChI=1S/C33H25ClN4O3S2/c34-25-13-7-8-22(18-25)19-28(36-31(40)24-11-5-2-6-12-24)32(41)35-26-14-16-27(17-15-26)42-21-30(39)38-33-37-29(20-43-33)23-9-3-1-4-10-23/h1-20H,21H2,(H,35,41)(H,36,40)(H,37,38,39)/b28-19-. The predicted octanol–water partition coefficient (Wildman–Crippen LogP) is 7.60. The minimum Gasteiger partial charge on any atom is -0.321 e. The lowest BCUT2D eigenvalue weighted by molar-refractivity contribution is -0.114. The predicted molar refractivity (Wildman–Crippen MR) is 175 cm³/mol. The first-order chi connectivity index (χ1) is 20.9. The van der Waals surface area contributed by atoms with Crippen LogP contribution >= 0.6 is 34.7 Å². The fraction of sp³-hybridized carbons (Fsp3) is 0.0303. The Morgan fingerprint density at radius 1 is 0.837 bits per heavy atom. The number of thioether (sulfide) groups is 1. The number of nitrogens with zero attached hydrogens (tertiary/aromatic N) is 1. The number of thiazole rings is 1. The van der Waals surface area contributed by atoms with Gasteiger partial charge in [0, 0.05) is 32.1 Å². The molecular weight excluding hydrogens is 600 g/mol. The second-order valence-electron chi connectivity index (χ2n) is 9.15. The minimum atomic E-state index is -0.498. The summed E-state index contributed by atoms with van der Waals surface area (Å²) in [6, 6.07) is 32.5. The highest BCUT2D eigenvalue weighted by Gasteiger charge is 2.15. The Hall–Kier alpha value is -4.70. The summed E-state index contributed by atoms with van der Waals surface area (Å²) in [5, 5.41) is 11.3. The number of carbonyl (C=O) groups is 3. The van der Waals surface area contributed by atoms with Gasteiger partial charge in [-0.25, -0.2) is 4.98 Å². The summed E-state index contributed by atoms with van der Waals surface area (Å²) in [4.78, 5) is 43.9. The van der Waals surface area contributed by atoms with Crippen LogP contribution in [0.1, 0.15) is 15.9 Å². The molecule has 3 N–H and O–H groups in total. The van der Waals surface area contributed by atoms with E-state index in [9.17, 15) is 14.4 Å². The van der Waals surface area contributed by atoms with Crippen molar-refractivity contribution in [3.05, 3.63) is 136 Å². The van der Waals surface area contributed by atoms with E-state index in [1.807, 2.05) is 53.9 Å². The third-order valence-electron chi connectivity index (χ3n) is 5.99. The third kappa shape index (κ3) is 8.65. The molecule has 7 nitrogen and oxygen atoms in total. The van der Waals surface area contributed by atoms with Crippen molar-refractivity contribution in [2.45, 2.75) is 4.90 Å². The first-order valence-electron chi connectivity index (χ1n) is 13.1. The summed E-state index contributed by atoms with van der Waals surface area (Å²) in [5.41, 5.74) is 3.47. The van der Waals surface area contributed by atoms with Gasteiger partial charge in [-0.3, -0.25) is 14.4 Å². The van der Waals surface area contributed by atoms with E-state index in [2.05, 4.69) is 20.9 Å². The van der Waals surface area contributed by atoms with E-state index in [4.69, 9.17) is 11.6 Å². The third-order valence-corrected chi connectivity index (χ3v) is 8.00. The fourth-order valence-corrected chi connectivity index (χ4v) is 5.55. The number of nitrogens with one attached hydrogen (secondary N) is 3. The number of anilines is 2.